The zero-order valence-corrected chi connectivity index (χ0v) is 13.1. The average Bonchev–Trinajstić information content (AvgIpc) is 2.47. The second kappa shape index (κ2) is 6.43. The monoisotopic (exact) mass is 317 g/mol. The summed E-state index contributed by atoms with van der Waals surface area (Å²) in [4.78, 5) is 0.214. The van der Waals surface area contributed by atoms with Crippen LogP contribution >= 0.6 is 11.6 Å². The first-order valence-electron chi connectivity index (χ1n) is 6.91. The summed E-state index contributed by atoms with van der Waals surface area (Å²) in [5.74, 6) is 0. The fraction of sp³-hybridized carbons (Fsp3) is 0.571. The van der Waals surface area contributed by atoms with Crippen LogP contribution in [0.3, 0.4) is 0 Å². The molecule has 0 spiro atoms. The molecule has 1 N–H and O–H groups in total. The van der Waals surface area contributed by atoms with Crippen LogP contribution in [0.15, 0.2) is 23.1 Å². The molecule has 112 valence electrons. The van der Waals surface area contributed by atoms with Gasteiger partial charge in [-0.15, -0.1) is 0 Å². The highest BCUT2D eigenvalue weighted by atomic mass is 35.5. The van der Waals surface area contributed by atoms with Crippen LogP contribution in [0, 0.1) is 0 Å². The third-order valence-corrected chi connectivity index (χ3v) is 6.16. The maximum absolute atomic E-state index is 12.7. The first-order chi connectivity index (χ1) is 9.50. The minimum atomic E-state index is -3.51. The van der Waals surface area contributed by atoms with Crippen molar-refractivity contribution in [1.29, 1.82) is 0 Å². The Morgan fingerprint density at radius 2 is 2.15 bits per heavy atom. The summed E-state index contributed by atoms with van der Waals surface area (Å²) >= 11 is 5.92. The lowest BCUT2D eigenvalue weighted by Gasteiger charge is -2.34. The normalized spacial score (nSPS) is 21.1. The summed E-state index contributed by atoms with van der Waals surface area (Å²) in [6, 6.07) is 4.59. The third-order valence-electron chi connectivity index (χ3n) is 3.84. The van der Waals surface area contributed by atoms with Crippen LogP contribution in [0.25, 0.3) is 0 Å². The number of rotatable bonds is 4. The highest BCUT2D eigenvalue weighted by molar-refractivity contribution is 7.89. The van der Waals surface area contributed by atoms with Crippen LogP contribution in [0.1, 0.15) is 38.2 Å². The number of aliphatic hydroxyl groups is 1. The van der Waals surface area contributed by atoms with Crippen molar-refractivity contribution in [3.8, 4) is 0 Å². The number of halogens is 1. The van der Waals surface area contributed by atoms with E-state index in [-0.39, 0.29) is 17.5 Å². The van der Waals surface area contributed by atoms with Crippen molar-refractivity contribution < 1.29 is 13.5 Å². The molecule has 1 aromatic rings. The highest BCUT2D eigenvalue weighted by Crippen LogP contribution is 2.28. The van der Waals surface area contributed by atoms with Gasteiger partial charge in [-0.3, -0.25) is 0 Å². The fourth-order valence-corrected chi connectivity index (χ4v) is 4.66. The molecule has 0 bridgehead atoms. The van der Waals surface area contributed by atoms with Gasteiger partial charge in [-0.25, -0.2) is 8.42 Å². The molecule has 0 saturated carbocycles. The number of piperidine rings is 1. The molecule has 1 aliphatic rings. The summed E-state index contributed by atoms with van der Waals surface area (Å²) < 4.78 is 27.1. The minimum absolute atomic E-state index is 0.0713. The Hall–Kier alpha value is -0.620. The molecule has 0 amide bonds. The Morgan fingerprint density at radius 1 is 1.40 bits per heavy atom. The molecule has 6 heteroatoms. The van der Waals surface area contributed by atoms with E-state index < -0.39 is 10.0 Å². The Bertz CT molecular complexity index is 574. The van der Waals surface area contributed by atoms with E-state index in [0.29, 0.717) is 17.1 Å². The summed E-state index contributed by atoms with van der Waals surface area (Å²) in [5.41, 5.74) is 0.442. The summed E-state index contributed by atoms with van der Waals surface area (Å²) in [6.45, 7) is 2.32. The van der Waals surface area contributed by atoms with Crippen molar-refractivity contribution in [3.05, 3.63) is 28.8 Å². The van der Waals surface area contributed by atoms with Crippen LogP contribution < -0.4 is 0 Å². The highest BCUT2D eigenvalue weighted by Gasteiger charge is 2.32. The largest absolute Gasteiger partial charge is 0.392 e. The van der Waals surface area contributed by atoms with Crippen molar-refractivity contribution in [3.63, 3.8) is 0 Å². The van der Waals surface area contributed by atoms with Crippen molar-refractivity contribution in [1.82, 2.24) is 4.31 Å². The molecule has 1 aromatic carbocycles. The van der Waals surface area contributed by atoms with Crippen molar-refractivity contribution in [2.45, 2.75) is 50.2 Å². The molecule has 4 nitrogen and oxygen atoms in total. The van der Waals surface area contributed by atoms with Crippen LogP contribution in [0.5, 0.6) is 0 Å². The Morgan fingerprint density at radius 3 is 2.80 bits per heavy atom. The lowest BCUT2D eigenvalue weighted by molar-refractivity contribution is 0.246. The van der Waals surface area contributed by atoms with Gasteiger partial charge in [-0.1, -0.05) is 24.9 Å². The van der Waals surface area contributed by atoms with Gasteiger partial charge in [-0.2, -0.15) is 4.31 Å². The SMILES string of the molecule is CCC1CCCCN1S(=O)(=O)c1ccc(Cl)c(CO)c1. The van der Waals surface area contributed by atoms with E-state index in [0.717, 1.165) is 25.7 Å². The van der Waals surface area contributed by atoms with Crippen LogP contribution in [-0.2, 0) is 16.6 Å². The molecule has 0 aromatic heterocycles. The summed E-state index contributed by atoms with van der Waals surface area (Å²) in [7, 11) is -3.51. The predicted octanol–water partition coefficient (Wildman–Crippen LogP) is 2.79. The van der Waals surface area contributed by atoms with Gasteiger partial charge >= 0.3 is 0 Å². The first kappa shape index (κ1) is 15.8. The number of benzene rings is 1. The van der Waals surface area contributed by atoms with Gasteiger partial charge in [0.05, 0.1) is 11.5 Å². The molecule has 1 saturated heterocycles. The number of sulfonamides is 1. The smallest absolute Gasteiger partial charge is 0.243 e. The number of hydrogen-bond donors (Lipinski definition) is 1. The van der Waals surface area contributed by atoms with Gasteiger partial charge < -0.3 is 5.11 Å². The Balaban J connectivity index is 2.38. The lowest BCUT2D eigenvalue weighted by Crippen LogP contribution is -2.43. The van der Waals surface area contributed by atoms with Crippen molar-refractivity contribution in [2.75, 3.05) is 6.54 Å². The van der Waals surface area contributed by atoms with E-state index >= 15 is 0 Å². The number of hydrogen-bond acceptors (Lipinski definition) is 3. The molecular weight excluding hydrogens is 298 g/mol. The third kappa shape index (κ3) is 3.01. The van der Waals surface area contributed by atoms with E-state index in [9.17, 15) is 13.5 Å². The Labute approximate surface area is 125 Å². The molecule has 1 atom stereocenters. The van der Waals surface area contributed by atoms with Crippen molar-refractivity contribution in [2.24, 2.45) is 0 Å². The standard InChI is InChI=1S/C14H20ClNO3S/c1-2-12-5-3-4-8-16(12)20(18,19)13-6-7-14(15)11(9-13)10-17/h6-7,9,12,17H,2-5,8,10H2,1H3. The molecule has 1 fully saturated rings. The second-order valence-corrected chi connectivity index (χ2v) is 7.38. The molecule has 1 heterocycles. The van der Waals surface area contributed by atoms with E-state index in [1.807, 2.05) is 6.92 Å². The van der Waals surface area contributed by atoms with Gasteiger partial charge in [0.2, 0.25) is 10.0 Å². The molecule has 1 unspecified atom stereocenters. The Kier molecular flexibility index (Phi) is 5.07. The average molecular weight is 318 g/mol. The van der Waals surface area contributed by atoms with Gasteiger partial charge in [0, 0.05) is 17.6 Å². The predicted molar refractivity (Wildman–Crippen MR) is 79.2 cm³/mol. The second-order valence-electron chi connectivity index (χ2n) is 5.08. The fourth-order valence-electron chi connectivity index (χ4n) is 2.67. The zero-order valence-electron chi connectivity index (χ0n) is 11.5. The molecule has 1 aliphatic heterocycles. The molecule has 20 heavy (non-hydrogen) atoms. The van der Waals surface area contributed by atoms with E-state index in [2.05, 4.69) is 0 Å². The first-order valence-corrected chi connectivity index (χ1v) is 8.73. The molecule has 2 rings (SSSR count). The summed E-state index contributed by atoms with van der Waals surface area (Å²) in [6.07, 6.45) is 3.71. The zero-order chi connectivity index (χ0) is 14.8. The molecule has 0 aliphatic carbocycles. The topological polar surface area (TPSA) is 57.6 Å². The van der Waals surface area contributed by atoms with Gasteiger partial charge in [0.15, 0.2) is 0 Å². The lowest BCUT2D eigenvalue weighted by atomic mass is 10.0. The number of aliphatic hydroxyl groups excluding tert-OH is 1. The van der Waals surface area contributed by atoms with Crippen molar-refractivity contribution >= 4 is 21.6 Å². The van der Waals surface area contributed by atoms with E-state index in [4.69, 9.17) is 11.6 Å². The summed E-state index contributed by atoms with van der Waals surface area (Å²) in [5, 5.41) is 9.61. The van der Waals surface area contributed by atoms with Crippen LogP contribution in [-0.4, -0.2) is 30.4 Å². The number of nitrogens with zero attached hydrogens (tertiary/aromatic N) is 1. The molecular formula is C14H20ClNO3S. The van der Waals surface area contributed by atoms with E-state index in [1.165, 1.54) is 18.2 Å². The molecule has 0 radical (unpaired) electrons. The van der Waals surface area contributed by atoms with E-state index in [1.54, 1.807) is 4.31 Å². The van der Waals surface area contributed by atoms with Crippen LogP contribution in [0.4, 0.5) is 0 Å². The maximum Gasteiger partial charge on any atom is 0.243 e. The quantitative estimate of drug-likeness (QED) is 0.929. The van der Waals surface area contributed by atoms with Gasteiger partial charge in [0.25, 0.3) is 0 Å². The van der Waals surface area contributed by atoms with Gasteiger partial charge in [-0.05, 0) is 43.0 Å². The van der Waals surface area contributed by atoms with Crippen LogP contribution in [0.2, 0.25) is 5.02 Å². The van der Waals surface area contributed by atoms with Gasteiger partial charge in [0.1, 0.15) is 0 Å². The maximum atomic E-state index is 12.7. The minimum Gasteiger partial charge on any atom is -0.392 e.